The summed E-state index contributed by atoms with van der Waals surface area (Å²) in [6.07, 6.45) is 3.19. The van der Waals surface area contributed by atoms with E-state index in [4.69, 9.17) is 0 Å². The lowest BCUT2D eigenvalue weighted by atomic mass is 10.0. The summed E-state index contributed by atoms with van der Waals surface area (Å²) in [5, 5.41) is 4.06. The summed E-state index contributed by atoms with van der Waals surface area (Å²) in [7, 11) is 0. The number of piperidine rings is 1. The Kier molecular flexibility index (Phi) is 4.69. The zero-order valence-electron chi connectivity index (χ0n) is 14.1. The van der Waals surface area contributed by atoms with Crippen molar-refractivity contribution in [2.75, 3.05) is 13.1 Å². The molecule has 0 bridgehead atoms. The number of para-hydroxylation sites is 1. The van der Waals surface area contributed by atoms with E-state index in [0.29, 0.717) is 18.8 Å². The second kappa shape index (κ2) is 6.91. The Balaban J connectivity index is 1.59. The van der Waals surface area contributed by atoms with Gasteiger partial charge in [-0.05, 0) is 38.8 Å². The highest BCUT2D eigenvalue weighted by Gasteiger charge is 2.25. The summed E-state index contributed by atoms with van der Waals surface area (Å²) in [4.78, 5) is 29.5. The van der Waals surface area contributed by atoms with Crippen molar-refractivity contribution in [3.05, 3.63) is 47.7 Å². The van der Waals surface area contributed by atoms with Crippen LogP contribution in [0.5, 0.6) is 0 Å². The number of hydrogen-bond donors (Lipinski definition) is 2. The molecule has 1 aromatic heterocycles. The van der Waals surface area contributed by atoms with Crippen LogP contribution in [0, 0.1) is 0 Å². The first-order chi connectivity index (χ1) is 11.5. The number of hydrogen-bond acceptors (Lipinski definition) is 2. The Bertz CT molecular complexity index is 746. The zero-order valence-corrected chi connectivity index (χ0v) is 14.1. The first kappa shape index (κ1) is 16.3. The highest BCUT2D eigenvalue weighted by atomic mass is 16.2. The Hall–Kier alpha value is -2.56. The van der Waals surface area contributed by atoms with Gasteiger partial charge in [-0.3, -0.25) is 9.59 Å². The molecule has 0 atom stereocenters. The van der Waals surface area contributed by atoms with Crippen LogP contribution in [0.4, 0.5) is 0 Å². The zero-order chi connectivity index (χ0) is 17.1. The third-order valence-electron chi connectivity index (χ3n) is 4.31. The lowest BCUT2D eigenvalue weighted by Gasteiger charge is -2.32. The highest BCUT2D eigenvalue weighted by Crippen LogP contribution is 2.18. The summed E-state index contributed by atoms with van der Waals surface area (Å²) in [5.41, 5.74) is 2.59. The maximum Gasteiger partial charge on any atom is 0.270 e. The largest absolute Gasteiger partial charge is 0.351 e. The van der Waals surface area contributed by atoms with Crippen molar-refractivity contribution in [3.8, 4) is 0 Å². The fraction of sp³-hybridized carbons (Fsp3) is 0.368. The van der Waals surface area contributed by atoms with Crippen LogP contribution in [0.1, 0.15) is 37.2 Å². The summed E-state index contributed by atoms with van der Waals surface area (Å²) >= 11 is 0. The molecule has 5 heteroatoms. The maximum atomic E-state index is 12.6. The molecule has 1 saturated heterocycles. The number of nitrogens with one attached hydrogen (secondary N) is 2. The molecule has 5 nitrogen and oxygen atoms in total. The molecule has 1 fully saturated rings. The molecule has 1 aliphatic rings. The monoisotopic (exact) mass is 325 g/mol. The van der Waals surface area contributed by atoms with E-state index in [9.17, 15) is 9.59 Å². The molecule has 1 aliphatic heterocycles. The van der Waals surface area contributed by atoms with E-state index >= 15 is 0 Å². The van der Waals surface area contributed by atoms with Gasteiger partial charge < -0.3 is 15.2 Å². The lowest BCUT2D eigenvalue weighted by Crippen LogP contribution is -2.46. The minimum Gasteiger partial charge on any atom is -0.351 e. The summed E-state index contributed by atoms with van der Waals surface area (Å²) in [5.74, 6) is -0.0179. The summed E-state index contributed by atoms with van der Waals surface area (Å²) in [6.45, 7) is 5.13. The SMILES string of the molecule is CC(C)=CC(=O)NC1CCN(C(=O)c2cc3ccccc3[nH]2)CC1. The van der Waals surface area contributed by atoms with Crippen molar-refractivity contribution in [2.24, 2.45) is 0 Å². The Morgan fingerprint density at radius 2 is 1.92 bits per heavy atom. The molecule has 126 valence electrons. The number of amides is 2. The summed E-state index contributed by atoms with van der Waals surface area (Å²) < 4.78 is 0. The normalized spacial score (nSPS) is 15.3. The van der Waals surface area contributed by atoms with Gasteiger partial charge in [0, 0.05) is 36.1 Å². The van der Waals surface area contributed by atoms with Crippen molar-refractivity contribution in [3.63, 3.8) is 0 Å². The van der Waals surface area contributed by atoms with Crippen molar-refractivity contribution >= 4 is 22.7 Å². The smallest absolute Gasteiger partial charge is 0.270 e. The van der Waals surface area contributed by atoms with Crippen LogP contribution in [0.15, 0.2) is 42.0 Å². The van der Waals surface area contributed by atoms with Crippen molar-refractivity contribution in [2.45, 2.75) is 32.7 Å². The van der Waals surface area contributed by atoms with Crippen molar-refractivity contribution in [1.82, 2.24) is 15.2 Å². The highest BCUT2D eigenvalue weighted by molar-refractivity contribution is 5.98. The van der Waals surface area contributed by atoms with E-state index in [1.807, 2.05) is 49.1 Å². The molecule has 2 aromatic rings. The number of aromatic amines is 1. The van der Waals surface area contributed by atoms with E-state index in [0.717, 1.165) is 29.3 Å². The van der Waals surface area contributed by atoms with Gasteiger partial charge in [0.05, 0.1) is 0 Å². The number of carbonyl (C=O) groups is 2. The number of H-pyrrole nitrogens is 1. The lowest BCUT2D eigenvalue weighted by molar-refractivity contribution is -0.117. The Morgan fingerprint density at radius 1 is 1.21 bits per heavy atom. The molecular weight excluding hydrogens is 302 g/mol. The number of likely N-dealkylation sites (tertiary alicyclic amines) is 1. The van der Waals surface area contributed by atoms with Gasteiger partial charge in [0.2, 0.25) is 5.91 Å². The molecule has 0 radical (unpaired) electrons. The van der Waals surface area contributed by atoms with Crippen molar-refractivity contribution < 1.29 is 9.59 Å². The molecule has 0 aliphatic carbocycles. The van der Waals surface area contributed by atoms with Crippen LogP contribution in [0.3, 0.4) is 0 Å². The molecule has 0 spiro atoms. The second-order valence-electron chi connectivity index (χ2n) is 6.57. The number of allylic oxidation sites excluding steroid dienone is 1. The predicted molar refractivity (Wildman–Crippen MR) is 94.8 cm³/mol. The minimum atomic E-state index is -0.0459. The molecule has 0 unspecified atom stereocenters. The standard InChI is InChI=1S/C19H23N3O2/c1-13(2)11-18(23)20-15-7-9-22(10-8-15)19(24)17-12-14-5-3-4-6-16(14)21-17/h3-6,11-12,15,21H,7-10H2,1-2H3,(H,20,23). The topological polar surface area (TPSA) is 65.2 Å². The molecule has 2 heterocycles. The Labute approximate surface area is 141 Å². The number of benzene rings is 1. The third kappa shape index (κ3) is 3.67. The molecule has 3 rings (SSSR count). The fourth-order valence-electron chi connectivity index (χ4n) is 3.09. The Morgan fingerprint density at radius 3 is 2.58 bits per heavy atom. The van der Waals surface area contributed by atoms with E-state index < -0.39 is 0 Å². The van der Waals surface area contributed by atoms with Gasteiger partial charge in [-0.2, -0.15) is 0 Å². The van der Waals surface area contributed by atoms with E-state index in [-0.39, 0.29) is 17.9 Å². The number of rotatable bonds is 3. The van der Waals surface area contributed by atoms with Gasteiger partial charge in [-0.15, -0.1) is 0 Å². The molecule has 24 heavy (non-hydrogen) atoms. The number of aromatic nitrogens is 1. The quantitative estimate of drug-likeness (QED) is 0.852. The van der Waals surface area contributed by atoms with Crippen molar-refractivity contribution in [1.29, 1.82) is 0 Å². The third-order valence-corrected chi connectivity index (χ3v) is 4.31. The van der Waals surface area contributed by atoms with Crippen LogP contribution >= 0.6 is 0 Å². The van der Waals surface area contributed by atoms with Gasteiger partial charge >= 0.3 is 0 Å². The molecule has 1 aromatic carbocycles. The molecule has 2 N–H and O–H groups in total. The van der Waals surface area contributed by atoms with Gasteiger partial charge in [-0.25, -0.2) is 0 Å². The number of carbonyl (C=O) groups excluding carboxylic acids is 2. The van der Waals surface area contributed by atoms with Gasteiger partial charge in [0.15, 0.2) is 0 Å². The van der Waals surface area contributed by atoms with Gasteiger partial charge in [0.25, 0.3) is 5.91 Å². The second-order valence-corrected chi connectivity index (χ2v) is 6.57. The average Bonchev–Trinajstić information content (AvgIpc) is 2.98. The van der Waals surface area contributed by atoms with Crippen LogP contribution < -0.4 is 5.32 Å². The minimum absolute atomic E-state index is 0.0280. The van der Waals surface area contributed by atoms with Gasteiger partial charge in [-0.1, -0.05) is 23.8 Å². The maximum absolute atomic E-state index is 12.6. The first-order valence-electron chi connectivity index (χ1n) is 8.35. The fourth-order valence-corrected chi connectivity index (χ4v) is 3.09. The predicted octanol–water partition coefficient (Wildman–Crippen LogP) is 2.85. The summed E-state index contributed by atoms with van der Waals surface area (Å²) in [6, 6.07) is 9.92. The van der Waals surface area contributed by atoms with Crippen LogP contribution in [-0.4, -0.2) is 40.8 Å². The average molecular weight is 325 g/mol. The van der Waals surface area contributed by atoms with E-state index in [1.165, 1.54) is 0 Å². The van der Waals surface area contributed by atoms with Crippen LogP contribution in [0.2, 0.25) is 0 Å². The molecule has 0 saturated carbocycles. The van der Waals surface area contributed by atoms with Crippen LogP contribution in [0.25, 0.3) is 10.9 Å². The van der Waals surface area contributed by atoms with E-state index in [2.05, 4.69) is 10.3 Å². The van der Waals surface area contributed by atoms with E-state index in [1.54, 1.807) is 6.08 Å². The molecule has 2 amide bonds. The molecular formula is C19H23N3O2. The number of nitrogens with zero attached hydrogens (tertiary/aromatic N) is 1. The first-order valence-corrected chi connectivity index (χ1v) is 8.35. The van der Waals surface area contributed by atoms with Crippen LogP contribution in [-0.2, 0) is 4.79 Å². The number of fused-ring (bicyclic) bond motifs is 1. The van der Waals surface area contributed by atoms with Gasteiger partial charge in [0.1, 0.15) is 5.69 Å².